The van der Waals surface area contributed by atoms with E-state index in [2.05, 4.69) is 60.3 Å². The number of hydrogen-bond donors (Lipinski definition) is 0. The highest BCUT2D eigenvalue weighted by molar-refractivity contribution is 5.77. The molecule has 1 aliphatic heterocycles. The highest BCUT2D eigenvalue weighted by atomic mass is 16.5. The molecule has 1 heterocycles. The molecule has 1 saturated heterocycles. The van der Waals surface area contributed by atoms with E-state index in [1.54, 1.807) is 7.11 Å². The molecule has 1 amide bonds. The summed E-state index contributed by atoms with van der Waals surface area (Å²) in [4.78, 5) is 17.5. The fraction of sp³-hybridized carbons (Fsp3) is 0.519. The molecule has 31 heavy (non-hydrogen) atoms. The lowest BCUT2D eigenvalue weighted by molar-refractivity contribution is -0.130. The summed E-state index contributed by atoms with van der Waals surface area (Å²) >= 11 is 0. The third-order valence-corrected chi connectivity index (χ3v) is 7.90. The number of likely N-dealkylation sites (tertiary alicyclic amines) is 1. The first kappa shape index (κ1) is 21.9. The molecule has 2 aromatic carbocycles. The molecule has 4 nitrogen and oxygen atoms in total. The molecule has 2 aliphatic rings. The van der Waals surface area contributed by atoms with Crippen molar-refractivity contribution in [1.29, 1.82) is 0 Å². The number of aryl methyl sites for hydroxylation is 1. The first-order valence-corrected chi connectivity index (χ1v) is 11.6. The van der Waals surface area contributed by atoms with Crippen LogP contribution in [-0.4, -0.2) is 50.0 Å². The van der Waals surface area contributed by atoms with Crippen molar-refractivity contribution in [2.24, 2.45) is 5.41 Å². The van der Waals surface area contributed by atoms with Crippen LogP contribution in [0.15, 0.2) is 54.6 Å². The maximum Gasteiger partial charge on any atom is 0.222 e. The quantitative estimate of drug-likeness (QED) is 0.668. The molecule has 2 fully saturated rings. The van der Waals surface area contributed by atoms with Gasteiger partial charge in [-0.15, -0.1) is 0 Å². The van der Waals surface area contributed by atoms with Crippen LogP contribution in [0.3, 0.4) is 0 Å². The molecule has 2 aromatic rings. The second-order valence-corrected chi connectivity index (χ2v) is 9.67. The summed E-state index contributed by atoms with van der Waals surface area (Å²) < 4.78 is 5.44. The summed E-state index contributed by atoms with van der Waals surface area (Å²) in [6.45, 7) is 1.83. The summed E-state index contributed by atoms with van der Waals surface area (Å²) in [5, 5.41) is 0. The van der Waals surface area contributed by atoms with Gasteiger partial charge in [-0.3, -0.25) is 9.69 Å². The summed E-state index contributed by atoms with van der Waals surface area (Å²) in [7, 11) is 6.12. The lowest BCUT2D eigenvalue weighted by Gasteiger charge is -2.49. The van der Waals surface area contributed by atoms with Crippen LogP contribution in [-0.2, 0) is 16.8 Å². The second-order valence-electron chi connectivity index (χ2n) is 9.67. The number of para-hydroxylation sites is 1. The Morgan fingerprint density at radius 3 is 2.32 bits per heavy atom. The molecule has 1 aliphatic carbocycles. The number of rotatable bonds is 6. The monoisotopic (exact) mass is 420 g/mol. The highest BCUT2D eigenvalue weighted by Gasteiger charge is 2.48. The number of ether oxygens (including phenoxy) is 1. The van der Waals surface area contributed by atoms with Gasteiger partial charge >= 0.3 is 0 Å². The zero-order valence-electron chi connectivity index (χ0n) is 19.3. The maximum atomic E-state index is 13.0. The fourth-order valence-corrected chi connectivity index (χ4v) is 5.80. The molecule has 0 unspecified atom stereocenters. The standard InChI is InChI=1S/C27H36N2O2/c1-28(2)27(23-10-5-4-6-11-23)17-15-26(16-18-27)19-20-29(21-26)25(30)14-13-22-9-7-8-12-24(22)31-3/h4-12H,13-21H2,1-3H3/t26-,27-. The average molecular weight is 421 g/mol. The van der Waals surface area contributed by atoms with Crippen LogP contribution in [0.25, 0.3) is 0 Å². The van der Waals surface area contributed by atoms with Crippen LogP contribution < -0.4 is 4.74 Å². The van der Waals surface area contributed by atoms with Gasteiger partial charge in [0, 0.05) is 25.0 Å². The largest absolute Gasteiger partial charge is 0.496 e. The molecule has 166 valence electrons. The van der Waals surface area contributed by atoms with E-state index < -0.39 is 0 Å². The Morgan fingerprint density at radius 1 is 0.968 bits per heavy atom. The molecular formula is C27H36N2O2. The maximum absolute atomic E-state index is 13.0. The number of hydrogen-bond acceptors (Lipinski definition) is 3. The van der Waals surface area contributed by atoms with Gasteiger partial charge in [0.15, 0.2) is 0 Å². The first-order valence-electron chi connectivity index (χ1n) is 11.6. The van der Waals surface area contributed by atoms with Gasteiger partial charge in [0.05, 0.1) is 7.11 Å². The van der Waals surface area contributed by atoms with Gasteiger partial charge in [0.2, 0.25) is 5.91 Å². The predicted molar refractivity (Wildman–Crippen MR) is 125 cm³/mol. The highest BCUT2D eigenvalue weighted by Crippen LogP contribution is 2.51. The van der Waals surface area contributed by atoms with Gasteiger partial charge in [-0.2, -0.15) is 0 Å². The summed E-state index contributed by atoms with van der Waals surface area (Å²) in [6, 6.07) is 19.0. The van der Waals surface area contributed by atoms with Gasteiger partial charge in [-0.25, -0.2) is 0 Å². The summed E-state index contributed by atoms with van der Waals surface area (Å²) in [6.07, 6.45) is 7.14. The summed E-state index contributed by atoms with van der Waals surface area (Å²) in [5.41, 5.74) is 2.96. The third-order valence-electron chi connectivity index (χ3n) is 7.90. The second kappa shape index (κ2) is 9.04. The van der Waals surface area contributed by atoms with Gasteiger partial charge in [0.25, 0.3) is 0 Å². The van der Waals surface area contributed by atoms with E-state index in [1.165, 1.54) is 18.4 Å². The SMILES string of the molecule is COc1ccccc1CCC(=O)N1CC[C@]2(CC[C@@](c3ccccc3)(N(C)C)CC2)C1. The lowest BCUT2D eigenvalue weighted by atomic mass is 9.64. The van der Waals surface area contributed by atoms with Crippen LogP contribution in [0.1, 0.15) is 49.7 Å². The van der Waals surface area contributed by atoms with Crippen LogP contribution in [0.5, 0.6) is 5.75 Å². The number of carbonyl (C=O) groups excluding carboxylic acids is 1. The Hall–Kier alpha value is -2.33. The minimum atomic E-state index is 0.119. The van der Waals surface area contributed by atoms with E-state index in [0.29, 0.717) is 11.8 Å². The Bertz CT molecular complexity index is 885. The van der Waals surface area contributed by atoms with Crippen molar-refractivity contribution >= 4 is 5.91 Å². The fourth-order valence-electron chi connectivity index (χ4n) is 5.80. The van der Waals surface area contributed by atoms with Gasteiger partial charge in [0.1, 0.15) is 5.75 Å². The Kier molecular flexibility index (Phi) is 6.38. The van der Waals surface area contributed by atoms with Gasteiger partial charge < -0.3 is 9.64 Å². The normalized spacial score (nSPS) is 25.9. The van der Waals surface area contributed by atoms with Crippen molar-refractivity contribution in [3.05, 3.63) is 65.7 Å². The summed E-state index contributed by atoms with van der Waals surface area (Å²) in [5.74, 6) is 1.16. The number of nitrogens with zero attached hydrogens (tertiary/aromatic N) is 2. The van der Waals surface area contributed by atoms with Crippen molar-refractivity contribution in [3.63, 3.8) is 0 Å². The zero-order valence-corrected chi connectivity index (χ0v) is 19.3. The van der Waals surface area contributed by atoms with Crippen molar-refractivity contribution in [2.75, 3.05) is 34.3 Å². The number of amides is 1. The van der Waals surface area contributed by atoms with E-state index in [4.69, 9.17) is 4.74 Å². The zero-order chi connectivity index (χ0) is 21.9. The lowest BCUT2D eigenvalue weighted by Crippen LogP contribution is -2.47. The molecule has 0 aromatic heterocycles. The molecule has 0 radical (unpaired) electrons. The molecule has 1 spiro atoms. The molecule has 0 atom stereocenters. The molecule has 0 bridgehead atoms. The van der Waals surface area contributed by atoms with Crippen molar-refractivity contribution in [3.8, 4) is 5.75 Å². The van der Waals surface area contributed by atoms with E-state index in [-0.39, 0.29) is 11.4 Å². The minimum absolute atomic E-state index is 0.119. The van der Waals surface area contributed by atoms with Crippen LogP contribution in [0.2, 0.25) is 0 Å². The number of methoxy groups -OCH3 is 1. The average Bonchev–Trinajstić information content (AvgIpc) is 3.22. The smallest absolute Gasteiger partial charge is 0.222 e. The van der Waals surface area contributed by atoms with Gasteiger partial charge in [-0.1, -0.05) is 48.5 Å². The van der Waals surface area contributed by atoms with Crippen molar-refractivity contribution < 1.29 is 9.53 Å². The minimum Gasteiger partial charge on any atom is -0.496 e. The third kappa shape index (κ3) is 4.36. The van der Waals surface area contributed by atoms with Gasteiger partial charge in [-0.05, 0) is 75.2 Å². The van der Waals surface area contributed by atoms with E-state index in [1.807, 2.05) is 18.2 Å². The molecular weight excluding hydrogens is 384 g/mol. The van der Waals surface area contributed by atoms with Crippen LogP contribution in [0.4, 0.5) is 0 Å². The number of benzene rings is 2. The number of carbonyl (C=O) groups is 1. The molecule has 4 heteroatoms. The Labute approximate surface area is 187 Å². The first-order chi connectivity index (χ1) is 15.0. The van der Waals surface area contributed by atoms with E-state index in [0.717, 1.165) is 50.1 Å². The van der Waals surface area contributed by atoms with E-state index in [9.17, 15) is 4.79 Å². The van der Waals surface area contributed by atoms with Crippen molar-refractivity contribution in [2.45, 2.75) is 50.5 Å². The Morgan fingerprint density at radius 2 is 1.65 bits per heavy atom. The topological polar surface area (TPSA) is 32.8 Å². The molecule has 1 saturated carbocycles. The van der Waals surface area contributed by atoms with Crippen molar-refractivity contribution in [1.82, 2.24) is 9.80 Å². The Balaban J connectivity index is 1.37. The van der Waals surface area contributed by atoms with Crippen LogP contribution >= 0.6 is 0 Å². The predicted octanol–water partition coefficient (Wildman–Crippen LogP) is 4.88. The molecule has 4 rings (SSSR count). The van der Waals surface area contributed by atoms with Crippen LogP contribution in [0, 0.1) is 5.41 Å². The van der Waals surface area contributed by atoms with E-state index >= 15 is 0 Å². The molecule has 0 N–H and O–H groups in total.